The summed E-state index contributed by atoms with van der Waals surface area (Å²) in [6, 6.07) is 3.55. The van der Waals surface area contributed by atoms with Gasteiger partial charge in [0.05, 0.1) is 31.6 Å². The SMILES string of the molecule is COC1=C(Br)[C@@H](O)[C@]2(C=C1Br)CC(C(=O)NCCCOc1c(Br)cc(CC(=NO)C(=O)NCCCCN)cc1Br)=NO2. The number of hydrogen-bond acceptors (Lipinski definition) is 10. The number of hydrogen-bond donors (Lipinski definition) is 5. The summed E-state index contributed by atoms with van der Waals surface area (Å²) in [6.07, 6.45) is 2.74. The van der Waals surface area contributed by atoms with Crippen LogP contribution in [0.3, 0.4) is 0 Å². The Morgan fingerprint density at radius 3 is 2.50 bits per heavy atom. The summed E-state index contributed by atoms with van der Waals surface area (Å²) >= 11 is 13.7. The molecular formula is C26H31Br4N5O7. The Morgan fingerprint density at radius 2 is 1.86 bits per heavy atom. The van der Waals surface area contributed by atoms with Crippen LogP contribution < -0.4 is 21.1 Å². The Kier molecular flexibility index (Phi) is 13.3. The van der Waals surface area contributed by atoms with E-state index < -0.39 is 23.5 Å². The zero-order chi connectivity index (χ0) is 30.9. The van der Waals surface area contributed by atoms with Gasteiger partial charge in [0.1, 0.15) is 29.0 Å². The lowest BCUT2D eigenvalue weighted by molar-refractivity contribution is -0.115. The molecule has 42 heavy (non-hydrogen) atoms. The molecule has 12 nitrogen and oxygen atoms in total. The fourth-order valence-corrected chi connectivity index (χ4v) is 7.45. The number of unbranched alkanes of at least 4 members (excludes halogenated alkanes) is 1. The molecule has 1 heterocycles. The first-order valence-electron chi connectivity index (χ1n) is 12.9. The Bertz CT molecular complexity index is 1280. The summed E-state index contributed by atoms with van der Waals surface area (Å²) in [5.74, 6) is 0.131. The van der Waals surface area contributed by atoms with Gasteiger partial charge in [0, 0.05) is 25.9 Å². The van der Waals surface area contributed by atoms with Crippen LogP contribution in [0.4, 0.5) is 0 Å². The van der Waals surface area contributed by atoms with E-state index in [4.69, 9.17) is 20.0 Å². The number of oxime groups is 2. The highest BCUT2D eigenvalue weighted by molar-refractivity contribution is 9.12. The van der Waals surface area contributed by atoms with E-state index in [1.807, 2.05) is 0 Å². The van der Waals surface area contributed by atoms with Crippen molar-refractivity contribution in [2.45, 2.75) is 43.8 Å². The predicted octanol–water partition coefficient (Wildman–Crippen LogP) is 3.75. The van der Waals surface area contributed by atoms with Crippen molar-refractivity contribution in [1.29, 1.82) is 0 Å². The van der Waals surface area contributed by atoms with Crippen LogP contribution in [0.15, 0.2) is 52.2 Å². The van der Waals surface area contributed by atoms with Crippen molar-refractivity contribution in [2.24, 2.45) is 16.0 Å². The lowest BCUT2D eigenvalue weighted by Gasteiger charge is -2.33. The molecule has 0 saturated carbocycles. The van der Waals surface area contributed by atoms with Crippen LogP contribution in [-0.2, 0) is 25.6 Å². The van der Waals surface area contributed by atoms with Crippen molar-refractivity contribution in [3.63, 3.8) is 0 Å². The molecule has 2 amide bonds. The monoisotopic (exact) mass is 841 g/mol. The Morgan fingerprint density at radius 1 is 1.17 bits per heavy atom. The standard InChI is InChI=1S/C26H31Br4N5O7/c1-40-22-17(29)12-26(23(36)20(22)30)13-19(35-42-26)25(38)33-7-4-8-41-21-15(27)9-14(10-16(21)28)11-18(34-39)24(37)32-6-3-2-5-31/h9-10,12,23,36,39H,2-8,11,13,31H2,1H3,(H,32,37)(H,33,38)/t23-,26+/m1/s1. The maximum atomic E-state index is 12.7. The molecule has 3 rings (SSSR count). The average Bonchev–Trinajstić information content (AvgIpc) is 3.38. The zero-order valence-corrected chi connectivity index (χ0v) is 28.9. The third kappa shape index (κ3) is 8.56. The number of carbonyl (C=O) groups is 2. The van der Waals surface area contributed by atoms with Gasteiger partial charge in [-0.25, -0.2) is 0 Å². The van der Waals surface area contributed by atoms with E-state index in [0.717, 1.165) is 18.4 Å². The van der Waals surface area contributed by atoms with Crippen LogP contribution >= 0.6 is 63.7 Å². The number of halogens is 4. The van der Waals surface area contributed by atoms with Crippen LogP contribution in [0.2, 0.25) is 0 Å². The van der Waals surface area contributed by atoms with E-state index in [-0.39, 0.29) is 24.3 Å². The molecule has 16 heteroatoms. The number of amides is 2. The van der Waals surface area contributed by atoms with E-state index in [9.17, 15) is 19.9 Å². The minimum absolute atomic E-state index is 0.0142. The van der Waals surface area contributed by atoms with Gasteiger partial charge in [0.15, 0.2) is 5.60 Å². The Balaban J connectivity index is 1.46. The van der Waals surface area contributed by atoms with Gasteiger partial charge in [-0.2, -0.15) is 0 Å². The normalized spacial score (nSPS) is 20.2. The van der Waals surface area contributed by atoms with E-state index in [1.54, 1.807) is 18.2 Å². The fourth-order valence-electron chi connectivity index (χ4n) is 4.15. The van der Waals surface area contributed by atoms with Crippen molar-refractivity contribution in [3.05, 3.63) is 47.4 Å². The minimum Gasteiger partial charge on any atom is -0.495 e. The molecule has 1 aliphatic heterocycles. The van der Waals surface area contributed by atoms with Gasteiger partial charge >= 0.3 is 0 Å². The molecule has 0 saturated heterocycles. The Labute approximate surface area is 276 Å². The Hall–Kier alpha value is -1.98. The van der Waals surface area contributed by atoms with Crippen molar-refractivity contribution in [1.82, 2.24) is 10.6 Å². The molecule has 0 unspecified atom stereocenters. The van der Waals surface area contributed by atoms with E-state index >= 15 is 0 Å². The van der Waals surface area contributed by atoms with Crippen molar-refractivity contribution < 1.29 is 34.2 Å². The second-order valence-electron chi connectivity index (χ2n) is 9.36. The molecule has 0 aromatic heterocycles. The van der Waals surface area contributed by atoms with Crippen LogP contribution in [0.5, 0.6) is 5.75 Å². The minimum atomic E-state index is -1.22. The molecule has 2 aliphatic rings. The maximum Gasteiger partial charge on any atom is 0.269 e. The van der Waals surface area contributed by atoms with Crippen LogP contribution in [0.25, 0.3) is 0 Å². The molecule has 1 aromatic rings. The number of rotatable bonds is 14. The quantitative estimate of drug-likeness (QED) is 0.0815. The largest absolute Gasteiger partial charge is 0.495 e. The number of carbonyl (C=O) groups excluding carboxylic acids is 2. The highest BCUT2D eigenvalue weighted by atomic mass is 79.9. The van der Waals surface area contributed by atoms with Gasteiger partial charge in [0.2, 0.25) is 0 Å². The summed E-state index contributed by atoms with van der Waals surface area (Å²) in [5.41, 5.74) is 5.10. The summed E-state index contributed by atoms with van der Waals surface area (Å²) in [7, 11) is 1.48. The number of aliphatic hydroxyl groups excluding tert-OH is 1. The molecule has 0 bridgehead atoms. The molecule has 1 spiro atoms. The first kappa shape index (κ1) is 34.5. The molecule has 230 valence electrons. The fraction of sp³-hybridized carbons (Fsp3) is 0.462. The summed E-state index contributed by atoms with van der Waals surface area (Å²) < 4.78 is 13.4. The summed E-state index contributed by atoms with van der Waals surface area (Å²) in [6.45, 7) is 1.60. The highest BCUT2D eigenvalue weighted by Gasteiger charge is 2.50. The number of benzene rings is 1. The average molecular weight is 845 g/mol. The topological polar surface area (TPSA) is 177 Å². The summed E-state index contributed by atoms with van der Waals surface area (Å²) in [5, 5.41) is 32.7. The van der Waals surface area contributed by atoms with Gasteiger partial charge in [-0.15, -0.1) is 0 Å². The number of allylic oxidation sites excluding steroid dienone is 1. The number of methoxy groups -OCH3 is 1. The second-order valence-corrected chi connectivity index (χ2v) is 12.8. The van der Waals surface area contributed by atoms with Gasteiger partial charge in [-0.3, -0.25) is 9.59 Å². The summed E-state index contributed by atoms with van der Waals surface area (Å²) in [4.78, 5) is 30.5. The second kappa shape index (κ2) is 16.2. The number of ether oxygens (including phenoxy) is 2. The van der Waals surface area contributed by atoms with E-state index in [2.05, 4.69) is 84.7 Å². The molecular weight excluding hydrogens is 814 g/mol. The van der Waals surface area contributed by atoms with Crippen molar-refractivity contribution in [3.8, 4) is 5.75 Å². The van der Waals surface area contributed by atoms with Gasteiger partial charge < -0.3 is 41.0 Å². The highest BCUT2D eigenvalue weighted by Crippen LogP contribution is 2.44. The number of aliphatic hydroxyl groups is 1. The van der Waals surface area contributed by atoms with Crippen molar-refractivity contribution in [2.75, 3.05) is 33.4 Å². The first-order chi connectivity index (χ1) is 20.1. The molecule has 0 fully saturated rings. The molecule has 1 aromatic carbocycles. The van der Waals surface area contributed by atoms with Crippen LogP contribution in [0.1, 0.15) is 31.2 Å². The zero-order valence-electron chi connectivity index (χ0n) is 22.6. The molecule has 1 aliphatic carbocycles. The van der Waals surface area contributed by atoms with Gasteiger partial charge in [-0.1, -0.05) is 10.3 Å². The van der Waals surface area contributed by atoms with E-state index in [1.165, 1.54) is 7.11 Å². The maximum absolute atomic E-state index is 12.7. The van der Waals surface area contributed by atoms with Gasteiger partial charge in [-0.05, 0) is 113 Å². The third-order valence-electron chi connectivity index (χ3n) is 6.33. The van der Waals surface area contributed by atoms with Gasteiger partial charge in [0.25, 0.3) is 11.8 Å². The number of nitrogens with zero attached hydrogens (tertiary/aromatic N) is 2. The molecule has 0 radical (unpaired) electrons. The first-order valence-corrected chi connectivity index (χ1v) is 16.1. The number of nitrogens with two attached hydrogens (primary N) is 1. The lowest BCUT2D eigenvalue weighted by atomic mass is 9.87. The van der Waals surface area contributed by atoms with Crippen molar-refractivity contribution >= 4 is 87.0 Å². The van der Waals surface area contributed by atoms with E-state index in [0.29, 0.717) is 62.1 Å². The molecule has 2 atom stereocenters. The lowest BCUT2D eigenvalue weighted by Crippen LogP contribution is -2.45. The predicted molar refractivity (Wildman–Crippen MR) is 171 cm³/mol. The molecule has 6 N–H and O–H groups in total. The smallest absolute Gasteiger partial charge is 0.269 e. The van der Waals surface area contributed by atoms with Crippen LogP contribution in [0, 0.1) is 0 Å². The third-order valence-corrected chi connectivity index (χ3v) is 8.89. The van der Waals surface area contributed by atoms with Crippen LogP contribution in [-0.4, -0.2) is 78.6 Å². The number of nitrogens with one attached hydrogen (secondary N) is 2.